The van der Waals surface area contributed by atoms with Crippen molar-refractivity contribution in [3.05, 3.63) is 72.5 Å². The van der Waals surface area contributed by atoms with Gasteiger partial charge in [-0.05, 0) is 66.2 Å². The number of nitrogens with zero attached hydrogens (tertiary/aromatic N) is 2. The predicted octanol–water partition coefficient (Wildman–Crippen LogP) is 6.20. The lowest BCUT2D eigenvalue weighted by atomic mass is 9.96. The minimum absolute atomic E-state index is 0.647. The van der Waals surface area contributed by atoms with Crippen LogP contribution >= 0.6 is 0 Å². The maximum Gasteiger partial charge on any atom is 0.161 e. The second-order valence-corrected chi connectivity index (χ2v) is 7.79. The van der Waals surface area contributed by atoms with Gasteiger partial charge in [0, 0.05) is 29.8 Å². The van der Waals surface area contributed by atoms with Gasteiger partial charge in [-0.2, -0.15) is 0 Å². The van der Waals surface area contributed by atoms with Crippen molar-refractivity contribution >= 4 is 27.6 Å². The fourth-order valence-corrected chi connectivity index (χ4v) is 4.09. The fraction of sp³-hybridized carbons (Fsp3) is 0.192. The summed E-state index contributed by atoms with van der Waals surface area (Å²) in [6.07, 6.45) is 3.59. The molecule has 0 saturated heterocycles. The van der Waals surface area contributed by atoms with Gasteiger partial charge in [0.05, 0.1) is 27.0 Å². The van der Waals surface area contributed by atoms with Crippen LogP contribution in [0.5, 0.6) is 11.5 Å². The first kappa shape index (κ1) is 20.0. The van der Waals surface area contributed by atoms with Gasteiger partial charge in [-0.1, -0.05) is 0 Å². The van der Waals surface area contributed by atoms with Crippen LogP contribution in [0.3, 0.4) is 0 Å². The van der Waals surface area contributed by atoms with Crippen molar-refractivity contribution in [2.45, 2.75) is 13.5 Å². The maximum absolute atomic E-state index is 5.88. The minimum atomic E-state index is 0.647. The van der Waals surface area contributed by atoms with Crippen LogP contribution in [0.1, 0.15) is 11.5 Å². The first-order chi connectivity index (χ1) is 15.6. The van der Waals surface area contributed by atoms with Crippen molar-refractivity contribution in [3.8, 4) is 22.6 Å². The lowest BCUT2D eigenvalue weighted by Crippen LogP contribution is -2.17. The zero-order valence-corrected chi connectivity index (χ0v) is 18.5. The Labute approximate surface area is 186 Å². The largest absolute Gasteiger partial charge is 0.493 e. The SMILES string of the molecule is COc1cc2cc3ccoc3c(-c3ccc(N(C)Cc4ccc(C)o4)nc3)c2cc1OC. The van der Waals surface area contributed by atoms with Gasteiger partial charge in [-0.25, -0.2) is 4.98 Å². The normalized spacial score (nSPS) is 11.2. The van der Waals surface area contributed by atoms with Crippen LogP contribution in [-0.2, 0) is 6.54 Å². The summed E-state index contributed by atoms with van der Waals surface area (Å²) in [7, 11) is 5.28. The summed E-state index contributed by atoms with van der Waals surface area (Å²) in [6, 6.07) is 16.1. The number of pyridine rings is 1. The Morgan fingerprint density at radius 3 is 2.44 bits per heavy atom. The average Bonchev–Trinajstić information content (AvgIpc) is 3.44. The summed E-state index contributed by atoms with van der Waals surface area (Å²) < 4.78 is 22.6. The molecule has 3 heterocycles. The van der Waals surface area contributed by atoms with Gasteiger partial charge in [-0.3, -0.25) is 0 Å². The molecule has 0 unspecified atom stereocenters. The molecule has 0 saturated carbocycles. The van der Waals surface area contributed by atoms with E-state index < -0.39 is 0 Å². The van der Waals surface area contributed by atoms with E-state index in [0.717, 1.165) is 50.2 Å². The van der Waals surface area contributed by atoms with Crippen LogP contribution in [-0.4, -0.2) is 26.3 Å². The van der Waals surface area contributed by atoms with E-state index in [2.05, 4.69) is 17.0 Å². The van der Waals surface area contributed by atoms with E-state index in [0.29, 0.717) is 18.0 Å². The monoisotopic (exact) mass is 428 g/mol. The smallest absolute Gasteiger partial charge is 0.161 e. The predicted molar refractivity (Wildman–Crippen MR) is 126 cm³/mol. The molecule has 0 bridgehead atoms. The Morgan fingerprint density at radius 1 is 0.938 bits per heavy atom. The van der Waals surface area contributed by atoms with Crippen LogP contribution < -0.4 is 14.4 Å². The molecule has 0 N–H and O–H groups in total. The van der Waals surface area contributed by atoms with E-state index in [1.807, 2.05) is 56.6 Å². The Hall–Kier alpha value is -3.93. The van der Waals surface area contributed by atoms with E-state index in [1.54, 1.807) is 20.5 Å². The zero-order chi connectivity index (χ0) is 22.2. The van der Waals surface area contributed by atoms with Crippen molar-refractivity contribution in [2.24, 2.45) is 0 Å². The summed E-state index contributed by atoms with van der Waals surface area (Å²) in [5.74, 6) is 4.03. The Kier molecular flexibility index (Phi) is 4.98. The Balaban J connectivity index is 1.59. The summed E-state index contributed by atoms with van der Waals surface area (Å²) >= 11 is 0. The first-order valence-electron chi connectivity index (χ1n) is 10.4. The topological polar surface area (TPSA) is 60.9 Å². The Morgan fingerprint density at radius 2 is 1.75 bits per heavy atom. The zero-order valence-electron chi connectivity index (χ0n) is 18.5. The summed E-state index contributed by atoms with van der Waals surface area (Å²) in [4.78, 5) is 6.78. The number of anilines is 1. The Bertz CT molecular complexity index is 1400. The third-order valence-corrected chi connectivity index (χ3v) is 5.68. The number of ether oxygens (including phenoxy) is 2. The third-order valence-electron chi connectivity index (χ3n) is 5.68. The highest BCUT2D eigenvalue weighted by molar-refractivity contribution is 6.11. The molecule has 6 nitrogen and oxygen atoms in total. The van der Waals surface area contributed by atoms with E-state index in [4.69, 9.17) is 23.3 Å². The highest BCUT2D eigenvalue weighted by Crippen LogP contribution is 2.41. The fourth-order valence-electron chi connectivity index (χ4n) is 4.09. The van der Waals surface area contributed by atoms with Crippen LogP contribution in [0.4, 0.5) is 5.82 Å². The van der Waals surface area contributed by atoms with E-state index >= 15 is 0 Å². The van der Waals surface area contributed by atoms with Gasteiger partial charge in [0.2, 0.25) is 0 Å². The van der Waals surface area contributed by atoms with Gasteiger partial charge in [0.1, 0.15) is 22.9 Å². The van der Waals surface area contributed by atoms with Crippen molar-refractivity contribution in [3.63, 3.8) is 0 Å². The molecule has 0 aliphatic carbocycles. The summed E-state index contributed by atoms with van der Waals surface area (Å²) in [6.45, 7) is 2.59. The molecule has 0 amide bonds. The molecule has 0 fully saturated rings. The molecule has 0 spiro atoms. The molecule has 0 aliphatic rings. The number of hydrogen-bond acceptors (Lipinski definition) is 6. The van der Waals surface area contributed by atoms with E-state index in [1.165, 1.54) is 0 Å². The number of benzene rings is 2. The number of aromatic nitrogens is 1. The number of hydrogen-bond donors (Lipinski definition) is 0. The van der Waals surface area contributed by atoms with Crippen molar-refractivity contribution in [1.82, 2.24) is 4.98 Å². The quantitative estimate of drug-likeness (QED) is 0.321. The van der Waals surface area contributed by atoms with Gasteiger partial charge in [0.15, 0.2) is 11.5 Å². The summed E-state index contributed by atoms with van der Waals surface area (Å²) in [5.41, 5.74) is 2.76. The van der Waals surface area contributed by atoms with Gasteiger partial charge in [0.25, 0.3) is 0 Å². The maximum atomic E-state index is 5.88. The molecule has 32 heavy (non-hydrogen) atoms. The van der Waals surface area contributed by atoms with Crippen molar-refractivity contribution in [2.75, 3.05) is 26.2 Å². The number of methoxy groups -OCH3 is 2. The van der Waals surface area contributed by atoms with Crippen molar-refractivity contribution in [1.29, 1.82) is 0 Å². The van der Waals surface area contributed by atoms with Gasteiger partial charge >= 0.3 is 0 Å². The standard InChI is InChI=1S/C26H24N2O4/c1-16-5-7-20(32-16)15-28(2)24-8-6-18(14-27-24)25-21-13-23(30-4)22(29-3)12-19(21)11-17-9-10-31-26(17)25/h5-14H,15H2,1-4H3. The van der Waals surface area contributed by atoms with Crippen LogP contribution in [0.15, 0.2) is 69.8 Å². The molecule has 3 aromatic heterocycles. The second kappa shape index (κ2) is 7.96. The number of rotatable bonds is 6. The number of fused-ring (bicyclic) bond motifs is 2. The second-order valence-electron chi connectivity index (χ2n) is 7.79. The molecular weight excluding hydrogens is 404 g/mol. The highest BCUT2D eigenvalue weighted by atomic mass is 16.5. The van der Waals surface area contributed by atoms with E-state index in [-0.39, 0.29) is 0 Å². The highest BCUT2D eigenvalue weighted by Gasteiger charge is 2.17. The summed E-state index contributed by atoms with van der Waals surface area (Å²) in [5, 5.41) is 3.08. The molecule has 0 radical (unpaired) electrons. The van der Waals surface area contributed by atoms with Crippen LogP contribution in [0.25, 0.3) is 32.9 Å². The number of furan rings is 2. The van der Waals surface area contributed by atoms with Crippen molar-refractivity contribution < 1.29 is 18.3 Å². The molecule has 0 atom stereocenters. The van der Waals surface area contributed by atoms with Gasteiger partial charge in [-0.15, -0.1) is 0 Å². The molecule has 162 valence electrons. The van der Waals surface area contributed by atoms with Gasteiger partial charge < -0.3 is 23.2 Å². The molecule has 5 rings (SSSR count). The minimum Gasteiger partial charge on any atom is -0.493 e. The van der Waals surface area contributed by atoms with Crippen LogP contribution in [0, 0.1) is 6.92 Å². The molecule has 6 heteroatoms. The lowest BCUT2D eigenvalue weighted by Gasteiger charge is -2.17. The van der Waals surface area contributed by atoms with E-state index in [9.17, 15) is 0 Å². The third kappa shape index (κ3) is 3.43. The molecule has 5 aromatic rings. The lowest BCUT2D eigenvalue weighted by molar-refractivity contribution is 0.356. The molecule has 0 aliphatic heterocycles. The molecular formula is C26H24N2O4. The average molecular weight is 428 g/mol. The van der Waals surface area contributed by atoms with Crippen LogP contribution in [0.2, 0.25) is 0 Å². The first-order valence-corrected chi connectivity index (χ1v) is 10.4. The number of aryl methyl sites for hydroxylation is 1. The molecule has 2 aromatic carbocycles.